The molecule has 1 aromatic carbocycles. The van der Waals surface area contributed by atoms with Gasteiger partial charge < -0.3 is 9.88 Å². The monoisotopic (exact) mass is 363 g/mol. The SMILES string of the molecule is CCC1(CC)CN(C(=O)[C@@H]2C=C3c4cccc5[nH]cc(c45)C[C@H]3N(C)C2)C1. The standard InChI is InChI=1S/C23H29N3O/c1-4-23(5-2)13-26(14-23)22(27)16-9-18-17-7-6-8-19-21(17)15(11-24-19)10-20(18)25(3)12-16/h6-9,11,16,20,24H,4-5,10,12-14H2,1-3H3/t16-,20-/m1/s1. The molecule has 1 saturated heterocycles. The van der Waals surface area contributed by atoms with Gasteiger partial charge in [0.2, 0.25) is 5.91 Å². The molecule has 2 aliphatic heterocycles. The molecule has 1 amide bonds. The minimum Gasteiger partial charge on any atom is -0.361 e. The van der Waals surface area contributed by atoms with Crippen molar-refractivity contribution in [2.24, 2.45) is 11.3 Å². The number of likely N-dealkylation sites (tertiary alicyclic amines) is 1. The van der Waals surface area contributed by atoms with Gasteiger partial charge in [0.1, 0.15) is 0 Å². The van der Waals surface area contributed by atoms with Crippen LogP contribution in [0, 0.1) is 11.3 Å². The molecule has 0 saturated carbocycles. The molecule has 4 nitrogen and oxygen atoms in total. The van der Waals surface area contributed by atoms with Crippen molar-refractivity contribution in [1.29, 1.82) is 0 Å². The van der Waals surface area contributed by atoms with Crippen molar-refractivity contribution in [2.45, 2.75) is 39.2 Å². The number of hydrogen-bond acceptors (Lipinski definition) is 2. The lowest BCUT2D eigenvalue weighted by Gasteiger charge is -2.51. The Kier molecular flexibility index (Phi) is 3.77. The predicted molar refractivity (Wildman–Crippen MR) is 109 cm³/mol. The fourth-order valence-corrected chi connectivity index (χ4v) is 5.46. The van der Waals surface area contributed by atoms with E-state index >= 15 is 0 Å². The molecule has 1 N–H and O–H groups in total. The Hall–Kier alpha value is -2.07. The Balaban J connectivity index is 1.47. The van der Waals surface area contributed by atoms with Gasteiger partial charge in [0.05, 0.1) is 5.92 Å². The maximum absolute atomic E-state index is 13.2. The summed E-state index contributed by atoms with van der Waals surface area (Å²) in [5.74, 6) is 0.293. The van der Waals surface area contributed by atoms with E-state index in [4.69, 9.17) is 0 Å². The average Bonchev–Trinajstić information content (AvgIpc) is 3.07. The molecule has 2 aromatic rings. The van der Waals surface area contributed by atoms with Crippen molar-refractivity contribution in [3.8, 4) is 0 Å². The van der Waals surface area contributed by atoms with E-state index in [0.717, 1.165) is 26.1 Å². The van der Waals surface area contributed by atoms with Gasteiger partial charge in [0, 0.05) is 48.2 Å². The molecule has 0 unspecified atom stereocenters. The van der Waals surface area contributed by atoms with Crippen molar-refractivity contribution in [3.63, 3.8) is 0 Å². The first-order valence-corrected chi connectivity index (χ1v) is 10.4. The highest BCUT2D eigenvalue weighted by Gasteiger charge is 2.45. The van der Waals surface area contributed by atoms with E-state index in [2.05, 4.69) is 66.2 Å². The third kappa shape index (κ3) is 2.42. The predicted octanol–water partition coefficient (Wildman–Crippen LogP) is 3.69. The summed E-state index contributed by atoms with van der Waals surface area (Å²) in [7, 11) is 2.17. The van der Waals surface area contributed by atoms with Gasteiger partial charge in [-0.05, 0) is 49.1 Å². The summed E-state index contributed by atoms with van der Waals surface area (Å²) in [6.07, 6.45) is 7.80. The van der Waals surface area contributed by atoms with Crippen molar-refractivity contribution >= 4 is 22.4 Å². The molecule has 0 radical (unpaired) electrons. The van der Waals surface area contributed by atoms with Crippen LogP contribution in [0.5, 0.6) is 0 Å². The van der Waals surface area contributed by atoms with Crippen LogP contribution in [0.3, 0.4) is 0 Å². The molecule has 4 heteroatoms. The Morgan fingerprint density at radius 3 is 2.78 bits per heavy atom. The van der Waals surface area contributed by atoms with Gasteiger partial charge in [-0.2, -0.15) is 0 Å². The summed E-state index contributed by atoms with van der Waals surface area (Å²) in [6.45, 7) is 7.20. The number of aromatic nitrogens is 1. The van der Waals surface area contributed by atoms with Crippen LogP contribution in [0.15, 0.2) is 30.5 Å². The number of hydrogen-bond donors (Lipinski definition) is 1. The smallest absolute Gasteiger partial charge is 0.230 e. The number of rotatable bonds is 3. The van der Waals surface area contributed by atoms with Crippen LogP contribution >= 0.6 is 0 Å². The quantitative estimate of drug-likeness (QED) is 0.903. The van der Waals surface area contributed by atoms with Crippen LogP contribution < -0.4 is 0 Å². The zero-order chi connectivity index (χ0) is 18.8. The highest BCUT2D eigenvalue weighted by atomic mass is 16.2. The maximum atomic E-state index is 13.2. The molecular weight excluding hydrogens is 334 g/mol. The highest BCUT2D eigenvalue weighted by molar-refractivity contribution is 5.99. The zero-order valence-corrected chi connectivity index (χ0v) is 16.6. The molecule has 27 heavy (non-hydrogen) atoms. The highest BCUT2D eigenvalue weighted by Crippen LogP contribution is 2.42. The molecule has 2 atom stereocenters. The number of carbonyl (C=O) groups is 1. The summed E-state index contributed by atoms with van der Waals surface area (Å²) in [5.41, 5.74) is 5.62. The van der Waals surface area contributed by atoms with Gasteiger partial charge in [-0.25, -0.2) is 0 Å². The molecule has 142 valence electrons. The van der Waals surface area contributed by atoms with Crippen molar-refractivity contribution in [3.05, 3.63) is 41.6 Å². The number of nitrogens with zero attached hydrogens (tertiary/aromatic N) is 2. The van der Waals surface area contributed by atoms with Gasteiger partial charge in [0.15, 0.2) is 0 Å². The molecule has 3 heterocycles. The van der Waals surface area contributed by atoms with E-state index in [-0.39, 0.29) is 5.92 Å². The number of H-pyrrole nitrogens is 1. The van der Waals surface area contributed by atoms with E-state index in [1.807, 2.05) is 0 Å². The number of nitrogens with one attached hydrogen (secondary N) is 1. The van der Waals surface area contributed by atoms with Crippen molar-refractivity contribution < 1.29 is 4.79 Å². The number of likely N-dealkylation sites (N-methyl/N-ethyl adjacent to an activating group) is 1. The van der Waals surface area contributed by atoms with Crippen LogP contribution in [0.25, 0.3) is 16.5 Å². The third-order valence-corrected chi connectivity index (χ3v) is 7.45. The summed E-state index contributed by atoms with van der Waals surface area (Å²) in [4.78, 5) is 21.1. The number of aromatic amines is 1. The first-order valence-electron chi connectivity index (χ1n) is 10.4. The van der Waals surface area contributed by atoms with E-state index in [0.29, 0.717) is 17.4 Å². The number of amides is 1. The zero-order valence-electron chi connectivity index (χ0n) is 16.6. The lowest BCUT2D eigenvalue weighted by Crippen LogP contribution is -2.60. The molecule has 1 aliphatic carbocycles. The van der Waals surface area contributed by atoms with Crippen LogP contribution in [0.1, 0.15) is 37.8 Å². The topological polar surface area (TPSA) is 39.3 Å². The second kappa shape index (κ2) is 5.96. The fraction of sp³-hybridized carbons (Fsp3) is 0.522. The normalized spacial score (nSPS) is 26.5. The Morgan fingerprint density at radius 1 is 1.26 bits per heavy atom. The Labute approximate surface area is 161 Å². The van der Waals surface area contributed by atoms with Crippen LogP contribution in [-0.4, -0.2) is 53.4 Å². The van der Waals surface area contributed by atoms with Crippen LogP contribution in [0.4, 0.5) is 0 Å². The first-order chi connectivity index (χ1) is 13.0. The minimum absolute atomic E-state index is 0.0243. The molecule has 0 bridgehead atoms. The number of benzene rings is 1. The summed E-state index contributed by atoms with van der Waals surface area (Å²) >= 11 is 0. The summed E-state index contributed by atoms with van der Waals surface area (Å²) < 4.78 is 0. The van der Waals surface area contributed by atoms with Gasteiger partial charge in [-0.1, -0.05) is 32.1 Å². The molecule has 3 aliphatic rings. The largest absolute Gasteiger partial charge is 0.361 e. The molecule has 1 aromatic heterocycles. The van der Waals surface area contributed by atoms with Gasteiger partial charge in [-0.3, -0.25) is 9.69 Å². The van der Waals surface area contributed by atoms with Crippen LogP contribution in [-0.2, 0) is 11.2 Å². The van der Waals surface area contributed by atoms with Gasteiger partial charge in [-0.15, -0.1) is 0 Å². The van der Waals surface area contributed by atoms with Gasteiger partial charge >= 0.3 is 0 Å². The molecule has 1 fully saturated rings. The average molecular weight is 364 g/mol. The molecular formula is C23H29N3O. The summed E-state index contributed by atoms with van der Waals surface area (Å²) in [5, 5.41) is 1.35. The van der Waals surface area contributed by atoms with Crippen molar-refractivity contribution in [2.75, 3.05) is 26.7 Å². The lowest BCUT2D eigenvalue weighted by atomic mass is 9.74. The van der Waals surface area contributed by atoms with Gasteiger partial charge in [0.25, 0.3) is 0 Å². The van der Waals surface area contributed by atoms with E-state index < -0.39 is 0 Å². The van der Waals surface area contributed by atoms with E-state index in [1.165, 1.54) is 40.4 Å². The van der Waals surface area contributed by atoms with E-state index in [1.54, 1.807) is 0 Å². The first kappa shape index (κ1) is 17.1. The fourth-order valence-electron chi connectivity index (χ4n) is 5.46. The number of fused-ring (bicyclic) bond motifs is 2. The molecule has 0 spiro atoms. The van der Waals surface area contributed by atoms with Crippen LogP contribution in [0.2, 0.25) is 0 Å². The second-order valence-corrected chi connectivity index (χ2v) is 8.83. The molecule has 5 rings (SSSR count). The maximum Gasteiger partial charge on any atom is 0.230 e. The Bertz CT molecular complexity index is 928. The minimum atomic E-state index is -0.0243. The second-order valence-electron chi connectivity index (χ2n) is 8.83. The van der Waals surface area contributed by atoms with Crippen molar-refractivity contribution in [1.82, 2.24) is 14.8 Å². The van der Waals surface area contributed by atoms with E-state index in [9.17, 15) is 4.79 Å². The summed E-state index contributed by atoms with van der Waals surface area (Å²) in [6, 6.07) is 6.87. The third-order valence-electron chi connectivity index (χ3n) is 7.45. The number of carbonyl (C=O) groups excluding carboxylic acids is 1. The Morgan fingerprint density at radius 2 is 2.04 bits per heavy atom. The lowest BCUT2D eigenvalue weighted by molar-refractivity contribution is -0.147.